The molecule has 1 aliphatic heterocycles. The summed E-state index contributed by atoms with van der Waals surface area (Å²) in [6.45, 7) is 7.34. The van der Waals surface area contributed by atoms with E-state index in [0.717, 1.165) is 17.6 Å². The lowest BCUT2D eigenvalue weighted by Crippen LogP contribution is -2.48. The second kappa shape index (κ2) is 7.41. The zero-order chi connectivity index (χ0) is 14.5. The van der Waals surface area contributed by atoms with Crippen molar-refractivity contribution in [2.24, 2.45) is 0 Å². The van der Waals surface area contributed by atoms with Crippen molar-refractivity contribution in [2.45, 2.75) is 32.5 Å². The van der Waals surface area contributed by atoms with Crippen LogP contribution < -0.4 is 10.2 Å². The van der Waals surface area contributed by atoms with Gasteiger partial charge in [-0.3, -0.25) is 0 Å². The zero-order valence-corrected chi connectivity index (χ0v) is 13.7. The second-order valence-corrected chi connectivity index (χ2v) is 6.33. The lowest BCUT2D eigenvalue weighted by molar-refractivity contribution is 0.0726. The molecule has 112 valence electrons. The van der Waals surface area contributed by atoms with Gasteiger partial charge in [0.25, 0.3) is 0 Å². The maximum absolute atomic E-state index is 9.55. The molecule has 20 heavy (non-hydrogen) atoms. The van der Waals surface area contributed by atoms with Gasteiger partial charge in [0.1, 0.15) is 0 Å². The predicted octanol–water partition coefficient (Wildman–Crippen LogP) is 2.14. The molecular formula is C15H23BrN2O2. The zero-order valence-electron chi connectivity index (χ0n) is 12.1. The summed E-state index contributed by atoms with van der Waals surface area (Å²) in [5, 5.41) is 13.0. The van der Waals surface area contributed by atoms with Crippen LogP contribution in [0.5, 0.6) is 0 Å². The van der Waals surface area contributed by atoms with Crippen LogP contribution in [0.3, 0.4) is 0 Å². The SMILES string of the molecule is CC(C)NCc1ccc(Br)cc1N1CCOCC1CO. The molecule has 2 N–H and O–H groups in total. The van der Waals surface area contributed by atoms with Crippen molar-refractivity contribution in [1.82, 2.24) is 5.32 Å². The molecule has 1 aromatic carbocycles. The summed E-state index contributed by atoms with van der Waals surface area (Å²) in [5.74, 6) is 0. The molecule has 1 aliphatic rings. The van der Waals surface area contributed by atoms with Gasteiger partial charge in [-0.15, -0.1) is 0 Å². The topological polar surface area (TPSA) is 44.7 Å². The molecule has 1 aromatic rings. The normalized spacial score (nSPS) is 19.6. The van der Waals surface area contributed by atoms with E-state index in [1.807, 2.05) is 0 Å². The monoisotopic (exact) mass is 342 g/mol. The number of morpholine rings is 1. The van der Waals surface area contributed by atoms with Crippen molar-refractivity contribution in [3.05, 3.63) is 28.2 Å². The summed E-state index contributed by atoms with van der Waals surface area (Å²) in [6.07, 6.45) is 0. The van der Waals surface area contributed by atoms with Crippen LogP contribution in [0.4, 0.5) is 5.69 Å². The lowest BCUT2D eigenvalue weighted by atomic mass is 10.1. The number of hydrogen-bond acceptors (Lipinski definition) is 4. The van der Waals surface area contributed by atoms with Gasteiger partial charge in [0.2, 0.25) is 0 Å². The van der Waals surface area contributed by atoms with Crippen LogP contribution in [0.1, 0.15) is 19.4 Å². The Morgan fingerprint density at radius 2 is 2.30 bits per heavy atom. The Hall–Kier alpha value is -0.620. The number of halogens is 1. The fraction of sp³-hybridized carbons (Fsp3) is 0.600. The van der Waals surface area contributed by atoms with Crippen LogP contribution in [0.25, 0.3) is 0 Å². The highest BCUT2D eigenvalue weighted by molar-refractivity contribution is 9.10. The molecule has 4 nitrogen and oxygen atoms in total. The van der Waals surface area contributed by atoms with Gasteiger partial charge in [-0.2, -0.15) is 0 Å². The Labute approximate surface area is 129 Å². The van der Waals surface area contributed by atoms with E-state index >= 15 is 0 Å². The van der Waals surface area contributed by atoms with Gasteiger partial charge in [-0.25, -0.2) is 0 Å². The number of rotatable bonds is 5. The van der Waals surface area contributed by atoms with Gasteiger partial charge in [0.05, 0.1) is 25.9 Å². The van der Waals surface area contributed by atoms with Crippen LogP contribution in [-0.2, 0) is 11.3 Å². The Morgan fingerprint density at radius 3 is 3.00 bits per heavy atom. The van der Waals surface area contributed by atoms with E-state index in [-0.39, 0.29) is 12.6 Å². The van der Waals surface area contributed by atoms with Gasteiger partial charge in [-0.1, -0.05) is 35.8 Å². The number of aliphatic hydroxyl groups excluding tert-OH is 1. The van der Waals surface area contributed by atoms with Gasteiger partial charge >= 0.3 is 0 Å². The maximum Gasteiger partial charge on any atom is 0.0755 e. The average Bonchev–Trinajstić information content (AvgIpc) is 2.45. The van der Waals surface area contributed by atoms with E-state index in [9.17, 15) is 5.11 Å². The molecule has 0 aromatic heterocycles. The second-order valence-electron chi connectivity index (χ2n) is 5.41. The molecule has 1 fully saturated rings. The minimum absolute atomic E-state index is 0.0378. The molecule has 0 spiro atoms. The molecule has 5 heteroatoms. The van der Waals surface area contributed by atoms with Crippen LogP contribution in [0.2, 0.25) is 0 Å². The van der Waals surface area contributed by atoms with E-state index in [1.54, 1.807) is 0 Å². The minimum Gasteiger partial charge on any atom is -0.394 e. The van der Waals surface area contributed by atoms with E-state index in [1.165, 1.54) is 11.3 Å². The molecule has 0 radical (unpaired) electrons. The molecule has 1 heterocycles. The summed E-state index contributed by atoms with van der Waals surface area (Å²) in [5.41, 5.74) is 2.43. The quantitative estimate of drug-likeness (QED) is 0.860. The number of nitrogens with one attached hydrogen (secondary N) is 1. The summed E-state index contributed by atoms with van der Waals surface area (Å²) in [6, 6.07) is 6.82. The number of ether oxygens (including phenoxy) is 1. The van der Waals surface area contributed by atoms with Crippen molar-refractivity contribution in [3.8, 4) is 0 Å². The van der Waals surface area contributed by atoms with Crippen molar-refractivity contribution in [3.63, 3.8) is 0 Å². The number of anilines is 1. The van der Waals surface area contributed by atoms with E-state index in [0.29, 0.717) is 19.3 Å². The Balaban J connectivity index is 2.25. The first-order chi connectivity index (χ1) is 9.61. The maximum atomic E-state index is 9.55. The fourth-order valence-electron chi connectivity index (χ4n) is 2.39. The van der Waals surface area contributed by atoms with Gasteiger partial charge < -0.3 is 20.1 Å². The molecule has 0 amide bonds. The summed E-state index contributed by atoms with van der Waals surface area (Å²) in [7, 11) is 0. The average molecular weight is 343 g/mol. The minimum atomic E-state index is 0.0378. The summed E-state index contributed by atoms with van der Waals surface area (Å²) in [4.78, 5) is 2.26. The number of aliphatic hydroxyl groups is 1. The molecule has 0 aliphatic carbocycles. The molecule has 1 atom stereocenters. The van der Waals surface area contributed by atoms with Crippen LogP contribution in [0.15, 0.2) is 22.7 Å². The third kappa shape index (κ3) is 3.95. The highest BCUT2D eigenvalue weighted by Crippen LogP contribution is 2.28. The first-order valence-electron chi connectivity index (χ1n) is 7.09. The van der Waals surface area contributed by atoms with Crippen LogP contribution >= 0.6 is 15.9 Å². The van der Waals surface area contributed by atoms with Crippen molar-refractivity contribution in [2.75, 3.05) is 31.3 Å². The number of hydrogen-bond donors (Lipinski definition) is 2. The van der Waals surface area contributed by atoms with Crippen LogP contribution in [0, 0.1) is 0 Å². The smallest absolute Gasteiger partial charge is 0.0755 e. The lowest BCUT2D eigenvalue weighted by Gasteiger charge is -2.37. The third-order valence-electron chi connectivity index (χ3n) is 3.50. The molecule has 1 saturated heterocycles. The number of benzene rings is 1. The van der Waals surface area contributed by atoms with Crippen LogP contribution in [-0.4, -0.2) is 43.6 Å². The molecular weight excluding hydrogens is 320 g/mol. The highest BCUT2D eigenvalue weighted by Gasteiger charge is 2.24. The summed E-state index contributed by atoms with van der Waals surface area (Å²) < 4.78 is 6.52. The largest absolute Gasteiger partial charge is 0.394 e. The third-order valence-corrected chi connectivity index (χ3v) is 3.99. The molecule has 1 unspecified atom stereocenters. The van der Waals surface area contributed by atoms with Gasteiger partial charge in [-0.05, 0) is 17.7 Å². The Morgan fingerprint density at radius 1 is 1.50 bits per heavy atom. The first-order valence-corrected chi connectivity index (χ1v) is 7.88. The first kappa shape index (κ1) is 15.8. The summed E-state index contributed by atoms with van der Waals surface area (Å²) >= 11 is 3.54. The predicted molar refractivity (Wildman–Crippen MR) is 85.2 cm³/mol. The molecule has 0 bridgehead atoms. The van der Waals surface area contributed by atoms with Crippen molar-refractivity contribution in [1.29, 1.82) is 0 Å². The fourth-order valence-corrected chi connectivity index (χ4v) is 2.74. The number of nitrogens with zero attached hydrogens (tertiary/aromatic N) is 1. The molecule has 2 rings (SSSR count). The van der Waals surface area contributed by atoms with E-state index < -0.39 is 0 Å². The Bertz CT molecular complexity index is 440. The van der Waals surface area contributed by atoms with E-state index in [2.05, 4.69) is 58.2 Å². The standard InChI is InChI=1S/C15H23BrN2O2/c1-11(2)17-8-12-3-4-13(16)7-15(12)18-5-6-20-10-14(18)9-19/h3-4,7,11,14,17,19H,5-6,8-10H2,1-2H3. The van der Waals surface area contributed by atoms with E-state index in [4.69, 9.17) is 4.74 Å². The van der Waals surface area contributed by atoms with Crippen molar-refractivity contribution < 1.29 is 9.84 Å². The van der Waals surface area contributed by atoms with Gasteiger partial charge in [0, 0.05) is 29.3 Å². The molecule has 0 saturated carbocycles. The van der Waals surface area contributed by atoms with Gasteiger partial charge in [0.15, 0.2) is 0 Å². The Kier molecular flexibility index (Phi) is 5.84. The highest BCUT2D eigenvalue weighted by atomic mass is 79.9. The van der Waals surface area contributed by atoms with Crippen molar-refractivity contribution >= 4 is 21.6 Å².